The fourth-order valence-corrected chi connectivity index (χ4v) is 4.44. The minimum atomic E-state index is -3.34. The van der Waals surface area contributed by atoms with Crippen LogP contribution in [0, 0.1) is 0 Å². The van der Waals surface area contributed by atoms with Gasteiger partial charge in [-0.1, -0.05) is 6.07 Å². The van der Waals surface area contributed by atoms with Crippen LogP contribution in [0.4, 0.5) is 22.7 Å². The van der Waals surface area contributed by atoms with E-state index in [-0.39, 0.29) is 11.7 Å². The summed E-state index contributed by atoms with van der Waals surface area (Å²) >= 11 is 0. The molecule has 1 saturated heterocycles. The smallest absolute Gasteiger partial charge is 0.314 e. The highest BCUT2D eigenvalue weighted by Gasteiger charge is 2.28. The van der Waals surface area contributed by atoms with Gasteiger partial charge in [0.1, 0.15) is 0 Å². The van der Waals surface area contributed by atoms with E-state index in [0.717, 1.165) is 0 Å². The maximum absolute atomic E-state index is 12.2. The Labute approximate surface area is 168 Å². The van der Waals surface area contributed by atoms with Crippen molar-refractivity contribution in [1.82, 2.24) is 0 Å². The standard InChI is InChI=1S/C19H20N4O5S/c1-13(24)20-14-6-8-15(9-7-14)21-18(25)19(26)22-16-4-2-5-17(12-16)23-10-3-11-29(23,27)28/h2,4-9,12H,3,10-11H2,1H3,(H,20,24)(H,21,25)(H,22,26). The highest BCUT2D eigenvalue weighted by atomic mass is 32.2. The second kappa shape index (κ2) is 8.31. The molecular weight excluding hydrogens is 396 g/mol. The van der Waals surface area contributed by atoms with Gasteiger partial charge in [-0.25, -0.2) is 8.42 Å². The molecule has 0 saturated carbocycles. The number of sulfonamides is 1. The second-order valence-corrected chi connectivity index (χ2v) is 8.47. The van der Waals surface area contributed by atoms with Gasteiger partial charge in [0.25, 0.3) is 0 Å². The van der Waals surface area contributed by atoms with Crippen molar-refractivity contribution >= 4 is 50.5 Å². The van der Waals surface area contributed by atoms with Crippen molar-refractivity contribution in [2.75, 3.05) is 32.6 Å². The Bertz CT molecular complexity index is 1050. The van der Waals surface area contributed by atoms with Gasteiger partial charge >= 0.3 is 11.8 Å². The largest absolute Gasteiger partial charge is 0.326 e. The van der Waals surface area contributed by atoms with E-state index < -0.39 is 21.8 Å². The molecule has 152 valence electrons. The topological polar surface area (TPSA) is 125 Å². The summed E-state index contributed by atoms with van der Waals surface area (Å²) in [5.41, 5.74) is 1.70. The van der Waals surface area contributed by atoms with Gasteiger partial charge in [-0.2, -0.15) is 0 Å². The molecule has 0 aromatic heterocycles. The van der Waals surface area contributed by atoms with Crippen LogP contribution >= 0.6 is 0 Å². The van der Waals surface area contributed by atoms with Crippen molar-refractivity contribution < 1.29 is 22.8 Å². The summed E-state index contributed by atoms with van der Waals surface area (Å²) in [6.45, 7) is 1.77. The van der Waals surface area contributed by atoms with E-state index in [1.54, 1.807) is 42.5 Å². The van der Waals surface area contributed by atoms with Crippen LogP contribution in [-0.2, 0) is 24.4 Å². The van der Waals surface area contributed by atoms with Crippen LogP contribution in [0.2, 0.25) is 0 Å². The number of hydrogen-bond donors (Lipinski definition) is 3. The SMILES string of the molecule is CC(=O)Nc1ccc(NC(=O)C(=O)Nc2cccc(N3CCCS3(=O)=O)c2)cc1. The van der Waals surface area contributed by atoms with Gasteiger partial charge in [0.05, 0.1) is 11.4 Å². The Balaban J connectivity index is 1.63. The van der Waals surface area contributed by atoms with Gasteiger partial charge in [0.2, 0.25) is 15.9 Å². The van der Waals surface area contributed by atoms with Gasteiger partial charge in [-0.3, -0.25) is 18.7 Å². The summed E-state index contributed by atoms with van der Waals surface area (Å²) in [5, 5.41) is 7.51. The zero-order valence-corrected chi connectivity index (χ0v) is 16.5. The number of hydrogen-bond acceptors (Lipinski definition) is 5. The van der Waals surface area contributed by atoms with Crippen LogP contribution in [0.1, 0.15) is 13.3 Å². The lowest BCUT2D eigenvalue weighted by atomic mass is 10.2. The van der Waals surface area contributed by atoms with Gasteiger partial charge in [-0.15, -0.1) is 0 Å². The minimum absolute atomic E-state index is 0.0900. The number of nitrogens with zero attached hydrogens (tertiary/aromatic N) is 1. The third-order valence-electron chi connectivity index (χ3n) is 4.16. The predicted molar refractivity (Wildman–Crippen MR) is 110 cm³/mol. The summed E-state index contributed by atoms with van der Waals surface area (Å²) in [5.74, 6) is -1.90. The molecule has 0 atom stereocenters. The van der Waals surface area contributed by atoms with Crippen LogP contribution in [0.3, 0.4) is 0 Å². The van der Waals surface area contributed by atoms with Crippen LogP contribution in [-0.4, -0.2) is 38.4 Å². The fourth-order valence-electron chi connectivity index (χ4n) is 2.88. The molecule has 1 fully saturated rings. The average molecular weight is 416 g/mol. The van der Waals surface area contributed by atoms with E-state index in [2.05, 4.69) is 16.0 Å². The predicted octanol–water partition coefficient (Wildman–Crippen LogP) is 1.76. The minimum Gasteiger partial charge on any atom is -0.326 e. The highest BCUT2D eigenvalue weighted by Crippen LogP contribution is 2.26. The lowest BCUT2D eigenvalue weighted by Gasteiger charge is -2.17. The third-order valence-corrected chi connectivity index (χ3v) is 6.03. The first-order valence-corrected chi connectivity index (χ1v) is 10.5. The summed E-state index contributed by atoms with van der Waals surface area (Å²) in [7, 11) is -3.34. The van der Waals surface area contributed by atoms with E-state index in [9.17, 15) is 22.8 Å². The average Bonchev–Trinajstić information content (AvgIpc) is 3.02. The Morgan fingerprint density at radius 3 is 2.00 bits per heavy atom. The first-order valence-electron chi connectivity index (χ1n) is 8.85. The second-order valence-electron chi connectivity index (χ2n) is 6.46. The van der Waals surface area contributed by atoms with E-state index in [1.807, 2.05) is 0 Å². The molecule has 10 heteroatoms. The number of amides is 3. The van der Waals surface area contributed by atoms with Crippen LogP contribution in [0.15, 0.2) is 48.5 Å². The molecule has 2 aromatic rings. The molecule has 0 radical (unpaired) electrons. The van der Waals surface area contributed by atoms with Gasteiger partial charge < -0.3 is 16.0 Å². The lowest BCUT2D eigenvalue weighted by molar-refractivity contribution is -0.132. The summed E-state index contributed by atoms with van der Waals surface area (Å²) in [6, 6.07) is 12.6. The molecule has 3 N–H and O–H groups in total. The van der Waals surface area contributed by atoms with E-state index in [0.29, 0.717) is 35.7 Å². The number of rotatable bonds is 4. The molecule has 2 aromatic carbocycles. The number of carbonyl (C=O) groups is 3. The van der Waals surface area contributed by atoms with E-state index in [1.165, 1.54) is 17.3 Å². The summed E-state index contributed by atoms with van der Waals surface area (Å²) < 4.78 is 25.4. The molecule has 0 bridgehead atoms. The number of anilines is 4. The Morgan fingerprint density at radius 1 is 0.862 bits per heavy atom. The first-order chi connectivity index (χ1) is 13.7. The molecule has 0 spiro atoms. The van der Waals surface area contributed by atoms with E-state index in [4.69, 9.17) is 0 Å². The molecule has 3 amide bonds. The maximum atomic E-state index is 12.2. The first kappa shape index (κ1) is 20.3. The van der Waals surface area contributed by atoms with Crippen LogP contribution < -0.4 is 20.3 Å². The van der Waals surface area contributed by atoms with Crippen molar-refractivity contribution in [2.24, 2.45) is 0 Å². The van der Waals surface area contributed by atoms with Crippen LogP contribution in [0.25, 0.3) is 0 Å². The molecular formula is C19H20N4O5S. The van der Waals surface area contributed by atoms with Gasteiger partial charge in [0.15, 0.2) is 0 Å². The molecule has 0 unspecified atom stereocenters. The van der Waals surface area contributed by atoms with Crippen molar-refractivity contribution in [1.29, 1.82) is 0 Å². The number of carbonyl (C=O) groups excluding carboxylic acids is 3. The highest BCUT2D eigenvalue weighted by molar-refractivity contribution is 7.93. The summed E-state index contributed by atoms with van der Waals surface area (Å²) in [4.78, 5) is 35.3. The third kappa shape index (κ3) is 5.11. The molecule has 3 rings (SSSR count). The quantitative estimate of drug-likeness (QED) is 0.655. The number of nitrogens with one attached hydrogen (secondary N) is 3. The maximum Gasteiger partial charge on any atom is 0.314 e. The van der Waals surface area contributed by atoms with Crippen LogP contribution in [0.5, 0.6) is 0 Å². The molecule has 29 heavy (non-hydrogen) atoms. The van der Waals surface area contributed by atoms with Crippen molar-refractivity contribution in [3.8, 4) is 0 Å². The Kier molecular flexibility index (Phi) is 5.83. The monoisotopic (exact) mass is 416 g/mol. The molecule has 1 heterocycles. The van der Waals surface area contributed by atoms with E-state index >= 15 is 0 Å². The Morgan fingerprint density at radius 2 is 1.45 bits per heavy atom. The molecule has 9 nitrogen and oxygen atoms in total. The van der Waals surface area contributed by atoms with Gasteiger partial charge in [-0.05, 0) is 48.9 Å². The molecule has 1 aliphatic rings. The lowest BCUT2D eigenvalue weighted by Crippen LogP contribution is -2.29. The van der Waals surface area contributed by atoms with Crippen molar-refractivity contribution in [3.63, 3.8) is 0 Å². The zero-order valence-electron chi connectivity index (χ0n) is 15.6. The van der Waals surface area contributed by atoms with Crippen molar-refractivity contribution in [3.05, 3.63) is 48.5 Å². The zero-order chi connectivity index (χ0) is 21.0. The van der Waals surface area contributed by atoms with Crippen molar-refractivity contribution in [2.45, 2.75) is 13.3 Å². The normalized spacial score (nSPS) is 14.9. The van der Waals surface area contributed by atoms with Gasteiger partial charge in [0, 0.05) is 30.5 Å². The Hall–Kier alpha value is -3.40. The summed E-state index contributed by atoms with van der Waals surface area (Å²) in [6.07, 6.45) is 0.544. The number of benzene rings is 2. The molecule has 1 aliphatic heterocycles. The molecule has 0 aliphatic carbocycles. The fraction of sp³-hybridized carbons (Fsp3) is 0.211.